The lowest BCUT2D eigenvalue weighted by atomic mass is 10.2. The second-order valence-corrected chi connectivity index (χ2v) is 6.77. The number of nitrogens with zero attached hydrogens (tertiary/aromatic N) is 1. The van der Waals surface area contributed by atoms with Gasteiger partial charge in [0.25, 0.3) is 0 Å². The van der Waals surface area contributed by atoms with Crippen LogP contribution in [0.4, 0.5) is 0 Å². The fourth-order valence-corrected chi connectivity index (χ4v) is 3.44. The summed E-state index contributed by atoms with van der Waals surface area (Å²) in [6, 6.07) is 5.90. The maximum absolute atomic E-state index is 12.0. The molecule has 19 heavy (non-hydrogen) atoms. The first kappa shape index (κ1) is 15.2. The standard InChI is InChI=1S/C11H6I3NO4/c12-6-2-1-5(9(13)10(6)14)11(18)19-15-7(16)3-4-8(15)17/h1-4,16-17H. The molecule has 0 atom stereocenters. The van der Waals surface area contributed by atoms with E-state index in [-0.39, 0.29) is 11.8 Å². The molecule has 0 saturated carbocycles. The summed E-state index contributed by atoms with van der Waals surface area (Å²) in [4.78, 5) is 17.0. The average molecular weight is 597 g/mol. The molecule has 2 N–H and O–H groups in total. The van der Waals surface area contributed by atoms with E-state index in [0.29, 0.717) is 10.3 Å². The van der Waals surface area contributed by atoms with Crippen LogP contribution in [0, 0.1) is 10.7 Å². The van der Waals surface area contributed by atoms with Gasteiger partial charge in [0.1, 0.15) is 0 Å². The van der Waals surface area contributed by atoms with Gasteiger partial charge in [-0.25, -0.2) is 4.79 Å². The fraction of sp³-hybridized carbons (Fsp3) is 0. The van der Waals surface area contributed by atoms with E-state index in [9.17, 15) is 15.0 Å². The van der Waals surface area contributed by atoms with Gasteiger partial charge in [-0.15, -0.1) is 4.73 Å². The Bertz CT molecular complexity index is 634. The third-order valence-corrected chi connectivity index (χ3v) is 7.43. The molecule has 0 aliphatic heterocycles. The topological polar surface area (TPSA) is 71.7 Å². The number of hydrogen-bond donors (Lipinski definition) is 2. The number of hydrogen-bond acceptors (Lipinski definition) is 4. The summed E-state index contributed by atoms with van der Waals surface area (Å²) in [5, 5.41) is 18.8. The Morgan fingerprint density at radius 3 is 2.16 bits per heavy atom. The summed E-state index contributed by atoms with van der Waals surface area (Å²) in [5.41, 5.74) is 0.373. The molecule has 0 aliphatic carbocycles. The van der Waals surface area contributed by atoms with Gasteiger partial charge in [0.05, 0.1) is 5.56 Å². The van der Waals surface area contributed by atoms with Gasteiger partial charge in [0, 0.05) is 22.8 Å². The van der Waals surface area contributed by atoms with Crippen molar-refractivity contribution < 1.29 is 19.8 Å². The van der Waals surface area contributed by atoms with Crippen LogP contribution in [0.3, 0.4) is 0 Å². The highest BCUT2D eigenvalue weighted by Gasteiger charge is 2.18. The lowest BCUT2D eigenvalue weighted by Crippen LogP contribution is -2.20. The van der Waals surface area contributed by atoms with Crippen LogP contribution in [0.25, 0.3) is 0 Å². The Hall–Kier alpha value is -0.240. The predicted molar refractivity (Wildman–Crippen MR) is 93.3 cm³/mol. The summed E-state index contributed by atoms with van der Waals surface area (Å²) in [6.45, 7) is 0. The fourth-order valence-electron chi connectivity index (χ4n) is 1.31. The zero-order valence-corrected chi connectivity index (χ0v) is 15.6. The van der Waals surface area contributed by atoms with Gasteiger partial charge in [-0.3, -0.25) is 0 Å². The molecule has 1 aromatic carbocycles. The van der Waals surface area contributed by atoms with Crippen LogP contribution in [-0.4, -0.2) is 20.9 Å². The molecule has 0 unspecified atom stereocenters. The molecule has 0 radical (unpaired) electrons. The van der Waals surface area contributed by atoms with Crippen molar-refractivity contribution in [2.45, 2.75) is 0 Å². The number of carbonyl (C=O) groups excluding carboxylic acids is 1. The summed E-state index contributed by atoms with van der Waals surface area (Å²) in [5.74, 6) is -1.34. The molecule has 0 spiro atoms. The van der Waals surface area contributed by atoms with Crippen molar-refractivity contribution in [3.05, 3.63) is 40.5 Å². The summed E-state index contributed by atoms with van der Waals surface area (Å²) >= 11 is 6.37. The molecule has 5 nitrogen and oxygen atoms in total. The quantitative estimate of drug-likeness (QED) is 0.413. The minimum Gasteiger partial charge on any atom is -0.492 e. The molecule has 8 heteroatoms. The van der Waals surface area contributed by atoms with E-state index in [1.54, 1.807) is 12.1 Å². The largest absolute Gasteiger partial charge is 0.492 e. The van der Waals surface area contributed by atoms with E-state index in [4.69, 9.17) is 4.84 Å². The molecule has 0 amide bonds. The van der Waals surface area contributed by atoms with Crippen molar-refractivity contribution in [2.24, 2.45) is 0 Å². The molecule has 2 rings (SSSR count). The van der Waals surface area contributed by atoms with E-state index in [1.807, 2.05) is 0 Å². The van der Waals surface area contributed by atoms with Gasteiger partial charge in [0.2, 0.25) is 11.8 Å². The number of aromatic hydroxyl groups is 2. The number of aromatic nitrogens is 1. The minimum absolute atomic E-state index is 0.346. The highest BCUT2D eigenvalue weighted by molar-refractivity contribution is 14.1. The third kappa shape index (κ3) is 3.09. The molecular weight excluding hydrogens is 591 g/mol. The molecule has 2 aromatic rings. The normalized spacial score (nSPS) is 10.5. The maximum atomic E-state index is 12.0. The zero-order valence-electron chi connectivity index (χ0n) is 9.10. The Morgan fingerprint density at radius 1 is 1.00 bits per heavy atom. The molecule has 0 bridgehead atoms. The Kier molecular flexibility index (Phi) is 4.81. The van der Waals surface area contributed by atoms with Gasteiger partial charge >= 0.3 is 5.97 Å². The average Bonchev–Trinajstić information content (AvgIpc) is 2.68. The lowest BCUT2D eigenvalue weighted by molar-refractivity contribution is 0.0380. The lowest BCUT2D eigenvalue weighted by Gasteiger charge is -2.09. The second kappa shape index (κ2) is 6.03. The molecule has 0 fully saturated rings. The second-order valence-electron chi connectivity index (χ2n) is 3.45. The smallest absolute Gasteiger partial charge is 0.365 e. The Labute approximate surface area is 149 Å². The number of rotatable bonds is 2. The van der Waals surface area contributed by atoms with Crippen LogP contribution in [0.15, 0.2) is 24.3 Å². The first-order valence-corrected chi connectivity index (χ1v) is 8.11. The van der Waals surface area contributed by atoms with Gasteiger partial charge in [-0.1, -0.05) is 0 Å². The van der Waals surface area contributed by atoms with Crippen LogP contribution < -0.4 is 4.84 Å². The van der Waals surface area contributed by atoms with E-state index in [0.717, 1.165) is 10.7 Å². The monoisotopic (exact) mass is 597 g/mol. The van der Waals surface area contributed by atoms with Gasteiger partial charge in [0.15, 0.2) is 0 Å². The number of benzene rings is 1. The number of halogens is 3. The summed E-state index contributed by atoms with van der Waals surface area (Å²) < 4.78 is 3.42. The molecule has 1 heterocycles. The van der Waals surface area contributed by atoms with Crippen molar-refractivity contribution in [1.82, 2.24) is 4.73 Å². The van der Waals surface area contributed by atoms with Crippen LogP contribution in [-0.2, 0) is 0 Å². The highest BCUT2D eigenvalue weighted by Crippen LogP contribution is 2.25. The molecule has 1 aromatic heterocycles. The van der Waals surface area contributed by atoms with Crippen molar-refractivity contribution in [3.8, 4) is 11.8 Å². The minimum atomic E-state index is -0.652. The van der Waals surface area contributed by atoms with Crippen molar-refractivity contribution in [1.29, 1.82) is 0 Å². The van der Waals surface area contributed by atoms with E-state index in [2.05, 4.69) is 67.8 Å². The van der Waals surface area contributed by atoms with Crippen molar-refractivity contribution in [3.63, 3.8) is 0 Å². The van der Waals surface area contributed by atoms with E-state index in [1.165, 1.54) is 12.1 Å². The van der Waals surface area contributed by atoms with Crippen LogP contribution >= 0.6 is 67.8 Å². The van der Waals surface area contributed by atoms with E-state index < -0.39 is 5.97 Å². The van der Waals surface area contributed by atoms with Crippen LogP contribution in [0.5, 0.6) is 11.8 Å². The molecular formula is C11H6I3NO4. The van der Waals surface area contributed by atoms with Gasteiger partial charge < -0.3 is 15.1 Å². The molecule has 100 valence electrons. The number of carbonyl (C=O) groups is 1. The highest BCUT2D eigenvalue weighted by atomic mass is 127. The SMILES string of the molecule is O=C(On1c(O)ccc1O)c1ccc(I)c(I)c1I. The van der Waals surface area contributed by atoms with Gasteiger partial charge in [-0.2, -0.15) is 0 Å². The predicted octanol–water partition coefficient (Wildman–Crippen LogP) is 2.98. The first-order valence-electron chi connectivity index (χ1n) is 4.87. The maximum Gasteiger partial charge on any atom is 0.365 e. The van der Waals surface area contributed by atoms with Crippen molar-refractivity contribution >= 4 is 73.7 Å². The van der Waals surface area contributed by atoms with Crippen LogP contribution in [0.1, 0.15) is 10.4 Å². The Morgan fingerprint density at radius 2 is 1.58 bits per heavy atom. The van der Waals surface area contributed by atoms with Crippen molar-refractivity contribution in [2.75, 3.05) is 0 Å². The van der Waals surface area contributed by atoms with Gasteiger partial charge in [-0.05, 0) is 79.9 Å². The molecule has 0 saturated heterocycles. The molecule has 0 aliphatic rings. The van der Waals surface area contributed by atoms with Crippen LogP contribution in [0.2, 0.25) is 0 Å². The third-order valence-electron chi connectivity index (χ3n) is 2.23. The summed E-state index contributed by atoms with van der Waals surface area (Å²) in [7, 11) is 0. The van der Waals surface area contributed by atoms with E-state index >= 15 is 0 Å². The summed E-state index contributed by atoms with van der Waals surface area (Å²) in [6.07, 6.45) is 0. The first-order chi connectivity index (χ1) is 8.91. The Balaban J connectivity index is 2.34. The zero-order chi connectivity index (χ0) is 14.2.